The molecule has 1 aromatic heterocycles. The first kappa shape index (κ1) is 9.17. The summed E-state index contributed by atoms with van der Waals surface area (Å²) in [7, 11) is 0. The summed E-state index contributed by atoms with van der Waals surface area (Å²) in [5, 5.41) is 0. The van der Waals surface area contributed by atoms with E-state index in [1.165, 1.54) is 24.1 Å². The third-order valence-corrected chi connectivity index (χ3v) is 5.12. The molecular formula is C11H14ClNS. The van der Waals surface area contributed by atoms with Gasteiger partial charge in [-0.15, -0.1) is 22.9 Å². The number of rotatable bonds is 3. The minimum atomic E-state index is 0.418. The van der Waals surface area contributed by atoms with E-state index in [1.54, 1.807) is 11.3 Å². The minimum Gasteiger partial charge on any atom is -0.253 e. The number of hydrogen-bond acceptors (Lipinski definition) is 2. The highest BCUT2D eigenvalue weighted by Gasteiger charge is 2.53. The predicted molar refractivity (Wildman–Crippen MR) is 59.8 cm³/mol. The monoisotopic (exact) mass is 227 g/mol. The summed E-state index contributed by atoms with van der Waals surface area (Å²) in [6.45, 7) is 0. The van der Waals surface area contributed by atoms with Crippen molar-refractivity contribution in [3.05, 3.63) is 16.6 Å². The van der Waals surface area contributed by atoms with Crippen molar-refractivity contribution in [2.45, 2.75) is 25.7 Å². The lowest BCUT2D eigenvalue weighted by Crippen LogP contribution is -2.23. The van der Waals surface area contributed by atoms with Gasteiger partial charge in [-0.1, -0.05) is 0 Å². The van der Waals surface area contributed by atoms with Gasteiger partial charge in [0.25, 0.3) is 0 Å². The second-order valence-corrected chi connectivity index (χ2v) is 6.18. The van der Waals surface area contributed by atoms with Crippen LogP contribution in [-0.4, -0.2) is 10.9 Å². The van der Waals surface area contributed by atoms with Gasteiger partial charge in [0.15, 0.2) is 0 Å². The van der Waals surface area contributed by atoms with Gasteiger partial charge in [0.05, 0.1) is 5.51 Å². The minimum absolute atomic E-state index is 0.418. The van der Waals surface area contributed by atoms with Crippen molar-refractivity contribution in [2.75, 3.05) is 5.88 Å². The molecular weight excluding hydrogens is 214 g/mol. The Balaban J connectivity index is 1.75. The van der Waals surface area contributed by atoms with E-state index >= 15 is 0 Å². The Morgan fingerprint density at radius 3 is 2.86 bits per heavy atom. The molecule has 2 unspecified atom stereocenters. The van der Waals surface area contributed by atoms with Gasteiger partial charge in [0.2, 0.25) is 0 Å². The number of hydrogen-bond donors (Lipinski definition) is 0. The van der Waals surface area contributed by atoms with Crippen LogP contribution < -0.4 is 0 Å². The highest BCUT2D eigenvalue weighted by molar-refractivity contribution is 7.09. The quantitative estimate of drug-likeness (QED) is 0.722. The van der Waals surface area contributed by atoms with E-state index in [4.69, 9.17) is 11.6 Å². The van der Waals surface area contributed by atoms with Crippen molar-refractivity contribution in [3.8, 4) is 0 Å². The second-order valence-electron chi connectivity index (χ2n) is 4.94. The average Bonchev–Trinajstić information content (AvgIpc) is 2.68. The molecule has 76 valence electrons. The number of aromatic nitrogens is 1. The van der Waals surface area contributed by atoms with Crippen molar-refractivity contribution in [2.24, 2.45) is 17.3 Å². The van der Waals surface area contributed by atoms with Gasteiger partial charge in [0, 0.05) is 17.0 Å². The summed E-state index contributed by atoms with van der Waals surface area (Å²) >= 11 is 7.92. The van der Waals surface area contributed by atoms with Crippen molar-refractivity contribution < 1.29 is 0 Å². The summed E-state index contributed by atoms with van der Waals surface area (Å²) < 4.78 is 0. The summed E-state index contributed by atoms with van der Waals surface area (Å²) in [5.41, 5.74) is 2.34. The Labute approximate surface area is 93.5 Å². The lowest BCUT2D eigenvalue weighted by Gasteiger charge is -2.27. The SMILES string of the molecule is ClCC1(Cc2cncs2)CC2CC2C1. The van der Waals surface area contributed by atoms with Crippen LogP contribution in [0.1, 0.15) is 24.1 Å². The van der Waals surface area contributed by atoms with Crippen LogP contribution in [0.4, 0.5) is 0 Å². The molecule has 1 nitrogen and oxygen atoms in total. The topological polar surface area (TPSA) is 12.9 Å². The molecule has 0 N–H and O–H groups in total. The third kappa shape index (κ3) is 1.49. The van der Waals surface area contributed by atoms with Gasteiger partial charge in [-0.2, -0.15) is 0 Å². The van der Waals surface area contributed by atoms with E-state index in [1.807, 2.05) is 11.7 Å². The molecule has 2 aliphatic carbocycles. The summed E-state index contributed by atoms with van der Waals surface area (Å²) in [6.07, 6.45) is 7.36. The average molecular weight is 228 g/mol. The highest BCUT2D eigenvalue weighted by atomic mass is 35.5. The fraction of sp³-hybridized carbons (Fsp3) is 0.727. The van der Waals surface area contributed by atoms with Crippen LogP contribution in [0.2, 0.25) is 0 Å². The lowest BCUT2D eigenvalue weighted by molar-refractivity contribution is 0.305. The molecule has 0 amide bonds. The largest absolute Gasteiger partial charge is 0.253 e. The molecule has 0 bridgehead atoms. The summed E-state index contributed by atoms with van der Waals surface area (Å²) in [4.78, 5) is 5.54. The van der Waals surface area contributed by atoms with E-state index in [-0.39, 0.29) is 0 Å². The molecule has 3 rings (SSSR count). The fourth-order valence-electron chi connectivity index (χ4n) is 3.01. The standard InChI is InChI=1S/C11H14ClNS/c12-6-11(2-8-1-9(8)3-11)4-10-5-13-7-14-10/h5,7-9H,1-4,6H2. The maximum atomic E-state index is 6.15. The van der Waals surface area contributed by atoms with E-state index in [0.717, 1.165) is 24.1 Å². The molecule has 14 heavy (non-hydrogen) atoms. The molecule has 2 fully saturated rings. The van der Waals surface area contributed by atoms with Gasteiger partial charge in [-0.05, 0) is 42.9 Å². The fourth-order valence-corrected chi connectivity index (χ4v) is 4.09. The van der Waals surface area contributed by atoms with Gasteiger partial charge in [0.1, 0.15) is 0 Å². The molecule has 2 atom stereocenters. The van der Waals surface area contributed by atoms with Gasteiger partial charge in [-0.3, -0.25) is 4.98 Å². The van der Waals surface area contributed by atoms with E-state index in [0.29, 0.717) is 5.41 Å². The molecule has 0 aliphatic heterocycles. The highest BCUT2D eigenvalue weighted by Crippen LogP contribution is 2.61. The first-order valence-electron chi connectivity index (χ1n) is 5.25. The van der Waals surface area contributed by atoms with Crippen LogP contribution in [0.15, 0.2) is 11.7 Å². The second kappa shape index (κ2) is 3.21. The number of fused-ring (bicyclic) bond motifs is 1. The molecule has 0 spiro atoms. The van der Waals surface area contributed by atoms with E-state index in [9.17, 15) is 0 Å². The number of nitrogens with zero attached hydrogens (tertiary/aromatic N) is 1. The smallest absolute Gasteiger partial charge is 0.0794 e. The molecule has 0 radical (unpaired) electrons. The van der Waals surface area contributed by atoms with Crippen LogP contribution in [0.5, 0.6) is 0 Å². The molecule has 3 heteroatoms. The number of alkyl halides is 1. The molecule has 0 saturated heterocycles. The maximum absolute atomic E-state index is 6.15. The van der Waals surface area contributed by atoms with Gasteiger partial charge >= 0.3 is 0 Å². The van der Waals surface area contributed by atoms with Crippen molar-refractivity contribution in [1.29, 1.82) is 0 Å². The van der Waals surface area contributed by atoms with Crippen LogP contribution in [-0.2, 0) is 6.42 Å². The molecule has 0 aromatic carbocycles. The molecule has 2 saturated carbocycles. The zero-order valence-corrected chi connectivity index (χ0v) is 9.65. The third-order valence-electron chi connectivity index (χ3n) is 3.78. The van der Waals surface area contributed by atoms with Crippen LogP contribution in [0, 0.1) is 17.3 Å². The maximum Gasteiger partial charge on any atom is 0.0794 e. The van der Waals surface area contributed by atoms with Crippen LogP contribution in [0.3, 0.4) is 0 Å². The Kier molecular flexibility index (Phi) is 2.10. The Morgan fingerprint density at radius 1 is 1.50 bits per heavy atom. The summed E-state index contributed by atoms with van der Waals surface area (Å²) in [6, 6.07) is 0. The Hall–Kier alpha value is -0.0800. The number of halogens is 1. The predicted octanol–water partition coefficient (Wildman–Crippen LogP) is 3.34. The Morgan fingerprint density at radius 2 is 2.29 bits per heavy atom. The normalized spacial score (nSPS) is 39.8. The molecule has 2 aliphatic rings. The van der Waals surface area contributed by atoms with Gasteiger partial charge in [-0.25, -0.2) is 0 Å². The van der Waals surface area contributed by atoms with Crippen molar-refractivity contribution in [1.82, 2.24) is 4.98 Å². The van der Waals surface area contributed by atoms with E-state index in [2.05, 4.69) is 4.98 Å². The van der Waals surface area contributed by atoms with E-state index < -0.39 is 0 Å². The summed E-state index contributed by atoms with van der Waals surface area (Å²) in [5.74, 6) is 2.86. The van der Waals surface area contributed by atoms with Crippen molar-refractivity contribution in [3.63, 3.8) is 0 Å². The Bertz CT molecular complexity index is 312. The zero-order valence-electron chi connectivity index (χ0n) is 8.08. The van der Waals surface area contributed by atoms with Crippen LogP contribution >= 0.6 is 22.9 Å². The van der Waals surface area contributed by atoms with Gasteiger partial charge < -0.3 is 0 Å². The van der Waals surface area contributed by atoms with Crippen molar-refractivity contribution >= 4 is 22.9 Å². The lowest BCUT2D eigenvalue weighted by atomic mass is 9.81. The molecule has 1 aromatic rings. The first-order valence-corrected chi connectivity index (χ1v) is 6.66. The first-order chi connectivity index (χ1) is 6.81. The molecule has 1 heterocycles. The zero-order chi connectivity index (χ0) is 9.60. The number of thiazole rings is 1. The van der Waals surface area contributed by atoms with Crippen LogP contribution in [0.25, 0.3) is 0 Å².